The van der Waals surface area contributed by atoms with Gasteiger partial charge >= 0.3 is 0 Å². The number of nitrogens with zero attached hydrogens (tertiary/aromatic N) is 1. The minimum atomic E-state index is -1.04. The summed E-state index contributed by atoms with van der Waals surface area (Å²) in [5.41, 5.74) is 0.114. The highest BCUT2D eigenvalue weighted by molar-refractivity contribution is 5.97. The highest BCUT2D eigenvalue weighted by Gasteiger charge is 2.17. The maximum atomic E-state index is 13.0. The molecule has 0 aromatic heterocycles. The molecule has 0 saturated carbocycles. The summed E-state index contributed by atoms with van der Waals surface area (Å²) in [7, 11) is 3.24. The molecule has 110 valence electrons. The first-order valence-corrected chi connectivity index (χ1v) is 6.23. The van der Waals surface area contributed by atoms with Gasteiger partial charge in [0, 0.05) is 25.1 Å². The first-order valence-electron chi connectivity index (χ1n) is 6.23. The molecule has 1 unspecified atom stereocenters. The van der Waals surface area contributed by atoms with E-state index in [1.54, 1.807) is 25.9 Å². The van der Waals surface area contributed by atoms with Gasteiger partial charge in [0.1, 0.15) is 0 Å². The summed E-state index contributed by atoms with van der Waals surface area (Å²) < 4.78 is 25.8. The minimum absolute atomic E-state index is 0.0341. The van der Waals surface area contributed by atoms with Gasteiger partial charge in [-0.1, -0.05) is 6.92 Å². The highest BCUT2D eigenvalue weighted by atomic mass is 19.2. The number of carbonyl (C=O) groups is 2. The molecule has 0 spiro atoms. The third-order valence-electron chi connectivity index (χ3n) is 2.93. The van der Waals surface area contributed by atoms with Crippen LogP contribution in [0.15, 0.2) is 18.2 Å². The summed E-state index contributed by atoms with van der Waals surface area (Å²) >= 11 is 0. The van der Waals surface area contributed by atoms with E-state index in [4.69, 9.17) is 0 Å². The molecule has 1 rings (SSSR count). The fraction of sp³-hybridized carbons (Fsp3) is 0.429. The van der Waals surface area contributed by atoms with E-state index in [2.05, 4.69) is 5.32 Å². The largest absolute Gasteiger partial charge is 0.359 e. The second kappa shape index (κ2) is 7.09. The number of likely N-dealkylation sites (N-methyl/N-ethyl adjacent to an activating group) is 1. The number of ketones is 1. The van der Waals surface area contributed by atoms with Crippen LogP contribution in [0.25, 0.3) is 0 Å². The number of hydrogen-bond donors (Lipinski definition) is 1. The van der Waals surface area contributed by atoms with Gasteiger partial charge in [-0.25, -0.2) is 8.78 Å². The number of amides is 1. The van der Waals surface area contributed by atoms with Crippen molar-refractivity contribution in [1.82, 2.24) is 10.2 Å². The molecule has 6 heteroatoms. The average Bonchev–Trinajstić information content (AvgIpc) is 2.40. The van der Waals surface area contributed by atoms with Crippen LogP contribution in [0, 0.1) is 17.6 Å². The summed E-state index contributed by atoms with van der Waals surface area (Å²) in [6, 6.07) is 3.06. The van der Waals surface area contributed by atoms with E-state index in [0.29, 0.717) is 6.54 Å². The van der Waals surface area contributed by atoms with Crippen molar-refractivity contribution >= 4 is 11.7 Å². The Morgan fingerprint density at radius 3 is 2.50 bits per heavy atom. The van der Waals surface area contributed by atoms with Crippen molar-refractivity contribution in [3.8, 4) is 0 Å². The van der Waals surface area contributed by atoms with Crippen molar-refractivity contribution in [2.75, 3.05) is 27.2 Å². The summed E-state index contributed by atoms with van der Waals surface area (Å²) in [5, 5.41) is 2.53. The Kier molecular flexibility index (Phi) is 5.76. The maximum Gasteiger partial charge on any atom is 0.223 e. The molecule has 0 heterocycles. The number of Topliss-reactive ketones (excluding diaryl/α,β-unsaturated/α-hetero) is 1. The molecule has 20 heavy (non-hydrogen) atoms. The first kappa shape index (κ1) is 16.2. The average molecular weight is 284 g/mol. The molecule has 1 aromatic carbocycles. The van der Waals surface area contributed by atoms with Gasteiger partial charge in [0.25, 0.3) is 0 Å². The fourth-order valence-corrected chi connectivity index (χ4v) is 1.87. The van der Waals surface area contributed by atoms with Gasteiger partial charge in [0.2, 0.25) is 5.91 Å². The molecule has 0 fully saturated rings. The molecule has 0 radical (unpaired) electrons. The van der Waals surface area contributed by atoms with Crippen molar-refractivity contribution in [3.05, 3.63) is 35.4 Å². The molecule has 1 N–H and O–H groups in total. The van der Waals surface area contributed by atoms with Crippen LogP contribution >= 0.6 is 0 Å². The molecule has 0 saturated heterocycles. The normalized spacial score (nSPS) is 12.3. The second-order valence-electron chi connectivity index (χ2n) is 4.76. The lowest BCUT2D eigenvalue weighted by Gasteiger charge is -2.19. The number of carbonyl (C=O) groups excluding carboxylic acids is 2. The lowest BCUT2D eigenvalue weighted by molar-refractivity contribution is -0.124. The number of benzene rings is 1. The van der Waals surface area contributed by atoms with Gasteiger partial charge in [-0.2, -0.15) is 0 Å². The zero-order chi connectivity index (χ0) is 15.3. The standard InChI is InChI=1S/C14H18F2N2O2/c1-9(14(20)17-2)7-18(3)8-13(19)10-4-5-11(15)12(16)6-10/h4-6,9H,7-8H2,1-3H3,(H,17,20). The van der Waals surface area contributed by atoms with Crippen LogP contribution in [0.3, 0.4) is 0 Å². The molecule has 1 atom stereocenters. The van der Waals surface area contributed by atoms with E-state index in [9.17, 15) is 18.4 Å². The van der Waals surface area contributed by atoms with Crippen molar-refractivity contribution in [3.63, 3.8) is 0 Å². The van der Waals surface area contributed by atoms with Crippen LogP contribution < -0.4 is 5.32 Å². The lowest BCUT2D eigenvalue weighted by atomic mass is 10.1. The van der Waals surface area contributed by atoms with E-state index in [-0.39, 0.29) is 29.7 Å². The fourth-order valence-electron chi connectivity index (χ4n) is 1.87. The van der Waals surface area contributed by atoms with Crippen molar-refractivity contribution in [1.29, 1.82) is 0 Å². The van der Waals surface area contributed by atoms with E-state index in [0.717, 1.165) is 12.1 Å². The van der Waals surface area contributed by atoms with Crippen molar-refractivity contribution in [2.24, 2.45) is 5.92 Å². The Balaban J connectivity index is 2.61. The molecule has 1 aromatic rings. The summed E-state index contributed by atoms with van der Waals surface area (Å²) in [5.74, 6) is -2.73. The third kappa shape index (κ3) is 4.38. The van der Waals surface area contributed by atoms with Crippen LogP contribution in [-0.2, 0) is 4.79 Å². The van der Waals surface area contributed by atoms with Gasteiger partial charge in [-0.3, -0.25) is 14.5 Å². The minimum Gasteiger partial charge on any atom is -0.359 e. The molecule has 0 aliphatic heterocycles. The summed E-state index contributed by atoms with van der Waals surface area (Å²) in [6.45, 7) is 2.18. The predicted molar refractivity (Wildman–Crippen MR) is 71.4 cm³/mol. The number of nitrogens with one attached hydrogen (secondary N) is 1. The molecule has 0 aliphatic carbocycles. The van der Waals surface area contributed by atoms with E-state index in [1.165, 1.54) is 6.07 Å². The zero-order valence-electron chi connectivity index (χ0n) is 11.7. The topological polar surface area (TPSA) is 49.4 Å². The SMILES string of the molecule is CNC(=O)C(C)CN(C)CC(=O)c1ccc(F)c(F)c1. The first-order chi connectivity index (χ1) is 9.35. The second-order valence-corrected chi connectivity index (χ2v) is 4.76. The predicted octanol–water partition coefficient (Wildman–Crippen LogP) is 1.46. The molecule has 0 aliphatic rings. The van der Waals surface area contributed by atoms with E-state index in [1.807, 2.05) is 0 Å². The Morgan fingerprint density at radius 2 is 1.95 bits per heavy atom. The van der Waals surface area contributed by atoms with Crippen LogP contribution in [0.4, 0.5) is 8.78 Å². The van der Waals surface area contributed by atoms with Crippen molar-refractivity contribution < 1.29 is 18.4 Å². The quantitative estimate of drug-likeness (QED) is 0.805. The Labute approximate surface area is 116 Å². The molecule has 1 amide bonds. The summed E-state index contributed by atoms with van der Waals surface area (Å²) in [4.78, 5) is 24.9. The van der Waals surface area contributed by atoms with Crippen molar-refractivity contribution in [2.45, 2.75) is 6.92 Å². The molecule has 0 bridgehead atoms. The van der Waals surface area contributed by atoms with Crippen LogP contribution in [0.5, 0.6) is 0 Å². The van der Waals surface area contributed by atoms with Gasteiger partial charge in [-0.15, -0.1) is 0 Å². The van der Waals surface area contributed by atoms with Crippen LogP contribution in [0.1, 0.15) is 17.3 Å². The Hall–Kier alpha value is -1.82. The van der Waals surface area contributed by atoms with E-state index < -0.39 is 11.6 Å². The van der Waals surface area contributed by atoms with Gasteiger partial charge in [0.05, 0.1) is 6.54 Å². The van der Waals surface area contributed by atoms with Gasteiger partial charge in [0.15, 0.2) is 17.4 Å². The summed E-state index contributed by atoms with van der Waals surface area (Å²) in [6.07, 6.45) is 0. The van der Waals surface area contributed by atoms with Crippen LogP contribution in [0.2, 0.25) is 0 Å². The maximum absolute atomic E-state index is 13.0. The molecule has 4 nitrogen and oxygen atoms in total. The third-order valence-corrected chi connectivity index (χ3v) is 2.93. The lowest BCUT2D eigenvalue weighted by Crippen LogP contribution is -2.36. The Bertz CT molecular complexity index is 506. The number of hydrogen-bond acceptors (Lipinski definition) is 3. The number of halogens is 2. The monoisotopic (exact) mass is 284 g/mol. The molecular weight excluding hydrogens is 266 g/mol. The number of rotatable bonds is 6. The molecular formula is C14H18F2N2O2. The van der Waals surface area contributed by atoms with Crippen LogP contribution in [-0.4, -0.2) is 43.8 Å². The van der Waals surface area contributed by atoms with Gasteiger partial charge in [-0.05, 0) is 25.2 Å². The van der Waals surface area contributed by atoms with Gasteiger partial charge < -0.3 is 5.32 Å². The van der Waals surface area contributed by atoms with E-state index >= 15 is 0 Å². The zero-order valence-corrected chi connectivity index (χ0v) is 11.7. The highest BCUT2D eigenvalue weighted by Crippen LogP contribution is 2.10. The smallest absolute Gasteiger partial charge is 0.223 e. The Morgan fingerprint density at radius 1 is 1.30 bits per heavy atom.